The van der Waals surface area contributed by atoms with Gasteiger partial charge in [0.25, 0.3) is 0 Å². The molecule has 0 heterocycles. The van der Waals surface area contributed by atoms with Crippen LogP contribution in [0.25, 0.3) is 0 Å². The third-order valence-corrected chi connectivity index (χ3v) is 3.93. The lowest BCUT2D eigenvalue weighted by molar-refractivity contribution is 0.100. The number of hydrogen-bond acceptors (Lipinski definition) is 3. The molecule has 4 heteroatoms. The number of nitrogens with one attached hydrogen (secondary N) is 1. The van der Waals surface area contributed by atoms with Crippen molar-refractivity contribution in [2.45, 2.75) is 38.5 Å². The number of nitrogen functional groups attached to an aromatic ring is 1. The smallest absolute Gasteiger partial charge is 0.248 e. The van der Waals surface area contributed by atoms with E-state index in [4.69, 9.17) is 11.5 Å². The van der Waals surface area contributed by atoms with Crippen molar-refractivity contribution in [3.8, 4) is 0 Å². The quantitative estimate of drug-likeness (QED) is 0.713. The van der Waals surface area contributed by atoms with E-state index < -0.39 is 5.91 Å². The van der Waals surface area contributed by atoms with Crippen LogP contribution in [0, 0.1) is 5.92 Å². The van der Waals surface area contributed by atoms with Gasteiger partial charge in [0.15, 0.2) is 0 Å². The number of carbonyl (C=O) groups excluding carboxylic acids is 1. The van der Waals surface area contributed by atoms with Gasteiger partial charge in [0, 0.05) is 12.1 Å². The molecule has 0 bridgehead atoms. The van der Waals surface area contributed by atoms with Gasteiger partial charge in [-0.15, -0.1) is 0 Å². The fourth-order valence-electron chi connectivity index (χ4n) is 2.76. The summed E-state index contributed by atoms with van der Waals surface area (Å²) in [7, 11) is 0. The molecule has 2 rings (SSSR count). The minimum Gasteiger partial charge on any atom is -0.397 e. The van der Waals surface area contributed by atoms with Crippen LogP contribution in [0.15, 0.2) is 18.2 Å². The number of benzene rings is 1. The monoisotopic (exact) mass is 261 g/mol. The molecule has 104 valence electrons. The van der Waals surface area contributed by atoms with Gasteiger partial charge < -0.3 is 16.8 Å². The van der Waals surface area contributed by atoms with Gasteiger partial charge in [-0.25, -0.2) is 0 Å². The van der Waals surface area contributed by atoms with E-state index in [1.165, 1.54) is 38.5 Å². The van der Waals surface area contributed by atoms with Crippen LogP contribution in [0.3, 0.4) is 0 Å². The van der Waals surface area contributed by atoms with E-state index >= 15 is 0 Å². The zero-order valence-electron chi connectivity index (χ0n) is 11.3. The van der Waals surface area contributed by atoms with E-state index in [2.05, 4.69) is 5.32 Å². The zero-order chi connectivity index (χ0) is 13.7. The summed E-state index contributed by atoms with van der Waals surface area (Å²) in [6.45, 7) is 0.935. The highest BCUT2D eigenvalue weighted by Gasteiger charge is 2.13. The Morgan fingerprint density at radius 1 is 1.26 bits per heavy atom. The van der Waals surface area contributed by atoms with Gasteiger partial charge in [-0.1, -0.05) is 32.1 Å². The van der Waals surface area contributed by atoms with Crippen molar-refractivity contribution in [3.63, 3.8) is 0 Å². The van der Waals surface area contributed by atoms with Gasteiger partial charge in [-0.2, -0.15) is 0 Å². The van der Waals surface area contributed by atoms with Crippen LogP contribution in [0.2, 0.25) is 0 Å². The number of anilines is 2. The molecule has 19 heavy (non-hydrogen) atoms. The third kappa shape index (κ3) is 3.88. The molecule has 0 atom stereocenters. The highest BCUT2D eigenvalue weighted by Crippen LogP contribution is 2.26. The Morgan fingerprint density at radius 2 is 2.00 bits per heavy atom. The Bertz CT molecular complexity index is 439. The van der Waals surface area contributed by atoms with Crippen LogP contribution in [0.4, 0.5) is 11.4 Å². The lowest BCUT2D eigenvalue weighted by Gasteiger charge is -2.21. The Morgan fingerprint density at radius 3 is 2.63 bits per heavy atom. The molecular weight excluding hydrogens is 238 g/mol. The van der Waals surface area contributed by atoms with Crippen molar-refractivity contribution in [2.24, 2.45) is 11.7 Å². The Hall–Kier alpha value is -1.71. The number of nitrogens with two attached hydrogens (primary N) is 2. The third-order valence-electron chi connectivity index (χ3n) is 3.93. The second kappa shape index (κ2) is 6.45. The first-order valence-corrected chi connectivity index (χ1v) is 7.10. The maximum absolute atomic E-state index is 11.0. The van der Waals surface area contributed by atoms with Gasteiger partial charge >= 0.3 is 0 Å². The van der Waals surface area contributed by atoms with Crippen molar-refractivity contribution in [3.05, 3.63) is 23.8 Å². The standard InChI is InChI=1S/C15H23N3O/c16-13-10-12(15(17)19)6-7-14(13)18-9-8-11-4-2-1-3-5-11/h6-7,10-11,18H,1-5,8-9,16H2,(H2,17,19). The fraction of sp³-hybridized carbons (Fsp3) is 0.533. The summed E-state index contributed by atoms with van der Waals surface area (Å²) in [5, 5.41) is 3.35. The van der Waals surface area contributed by atoms with Gasteiger partial charge in [0.2, 0.25) is 5.91 Å². The molecular formula is C15H23N3O. The Labute approximate surface area is 114 Å². The van der Waals surface area contributed by atoms with Crippen molar-refractivity contribution in [1.82, 2.24) is 0 Å². The lowest BCUT2D eigenvalue weighted by Crippen LogP contribution is -2.14. The molecule has 1 saturated carbocycles. The van der Waals surface area contributed by atoms with E-state index in [1.807, 2.05) is 6.07 Å². The predicted molar refractivity (Wildman–Crippen MR) is 79.1 cm³/mol. The number of rotatable bonds is 5. The number of hydrogen-bond donors (Lipinski definition) is 3. The van der Waals surface area contributed by atoms with Crippen LogP contribution >= 0.6 is 0 Å². The maximum atomic E-state index is 11.0. The van der Waals surface area contributed by atoms with E-state index in [1.54, 1.807) is 12.1 Å². The second-order valence-corrected chi connectivity index (χ2v) is 5.39. The van der Waals surface area contributed by atoms with E-state index in [9.17, 15) is 4.79 Å². The number of carbonyl (C=O) groups is 1. The van der Waals surface area contributed by atoms with Gasteiger partial charge in [-0.3, -0.25) is 4.79 Å². The summed E-state index contributed by atoms with van der Waals surface area (Å²) >= 11 is 0. The molecule has 5 N–H and O–H groups in total. The topological polar surface area (TPSA) is 81.1 Å². The molecule has 1 aliphatic carbocycles. The van der Waals surface area contributed by atoms with Crippen LogP contribution < -0.4 is 16.8 Å². The molecule has 0 saturated heterocycles. The molecule has 0 spiro atoms. The van der Waals surface area contributed by atoms with Crippen LogP contribution in [0.1, 0.15) is 48.9 Å². The summed E-state index contributed by atoms with van der Waals surface area (Å²) in [6, 6.07) is 5.17. The molecule has 1 aliphatic rings. The molecule has 1 aromatic rings. The lowest BCUT2D eigenvalue weighted by atomic mass is 9.87. The highest BCUT2D eigenvalue weighted by molar-refractivity contribution is 5.94. The number of primary amides is 1. The summed E-state index contributed by atoms with van der Waals surface area (Å²) in [5.41, 5.74) is 13.1. The van der Waals surface area contributed by atoms with Crippen molar-refractivity contribution < 1.29 is 4.79 Å². The molecule has 0 aromatic heterocycles. The first-order chi connectivity index (χ1) is 9.16. The van der Waals surface area contributed by atoms with E-state index in [0.29, 0.717) is 11.3 Å². The SMILES string of the molecule is NC(=O)c1ccc(NCCC2CCCCC2)c(N)c1. The Balaban J connectivity index is 1.83. The van der Waals surface area contributed by atoms with Crippen LogP contribution in [0.5, 0.6) is 0 Å². The fourth-order valence-corrected chi connectivity index (χ4v) is 2.76. The van der Waals surface area contributed by atoms with Gasteiger partial charge in [-0.05, 0) is 30.5 Å². The molecule has 0 radical (unpaired) electrons. The normalized spacial score (nSPS) is 16.2. The molecule has 1 aromatic carbocycles. The summed E-state index contributed by atoms with van der Waals surface area (Å²) in [6.07, 6.45) is 8.05. The molecule has 0 aliphatic heterocycles. The summed E-state index contributed by atoms with van der Waals surface area (Å²) in [4.78, 5) is 11.0. The average molecular weight is 261 g/mol. The first-order valence-electron chi connectivity index (χ1n) is 7.10. The highest BCUT2D eigenvalue weighted by atomic mass is 16.1. The second-order valence-electron chi connectivity index (χ2n) is 5.39. The molecule has 4 nitrogen and oxygen atoms in total. The van der Waals surface area contributed by atoms with Crippen molar-refractivity contribution in [1.29, 1.82) is 0 Å². The maximum Gasteiger partial charge on any atom is 0.248 e. The van der Waals surface area contributed by atoms with Crippen LogP contribution in [-0.4, -0.2) is 12.5 Å². The molecule has 0 unspecified atom stereocenters. The summed E-state index contributed by atoms with van der Waals surface area (Å²) < 4.78 is 0. The van der Waals surface area contributed by atoms with Gasteiger partial charge in [0.05, 0.1) is 11.4 Å². The first kappa shape index (κ1) is 13.7. The predicted octanol–water partition coefficient (Wildman–Crippen LogP) is 2.75. The van der Waals surface area contributed by atoms with Crippen molar-refractivity contribution >= 4 is 17.3 Å². The minimum absolute atomic E-state index is 0.444. The van der Waals surface area contributed by atoms with Gasteiger partial charge in [0.1, 0.15) is 0 Å². The Kier molecular flexibility index (Phi) is 4.66. The largest absolute Gasteiger partial charge is 0.397 e. The summed E-state index contributed by atoms with van der Waals surface area (Å²) in [5.74, 6) is 0.410. The average Bonchev–Trinajstić information content (AvgIpc) is 2.41. The van der Waals surface area contributed by atoms with E-state index in [-0.39, 0.29) is 0 Å². The number of amides is 1. The molecule has 1 amide bonds. The van der Waals surface area contributed by atoms with Crippen molar-refractivity contribution in [2.75, 3.05) is 17.6 Å². The molecule has 1 fully saturated rings. The minimum atomic E-state index is -0.444. The van der Waals surface area contributed by atoms with E-state index in [0.717, 1.165) is 18.2 Å². The zero-order valence-corrected chi connectivity index (χ0v) is 11.3. The van der Waals surface area contributed by atoms with Crippen LogP contribution in [-0.2, 0) is 0 Å².